The van der Waals surface area contributed by atoms with Gasteiger partial charge in [0.1, 0.15) is 0 Å². The summed E-state index contributed by atoms with van der Waals surface area (Å²) in [5.74, 6) is 0. The van der Waals surface area contributed by atoms with Crippen molar-refractivity contribution in [1.82, 2.24) is 0 Å². The Morgan fingerprint density at radius 2 is 1.48 bits per heavy atom. The van der Waals surface area contributed by atoms with Crippen molar-refractivity contribution in [2.24, 2.45) is 5.10 Å². The molecular weight excluding hydrogens is 348 g/mol. The maximum absolute atomic E-state index is 4.60. The third-order valence-corrected chi connectivity index (χ3v) is 6.34. The van der Waals surface area contributed by atoms with E-state index in [1.807, 2.05) is 4.41 Å². The zero-order chi connectivity index (χ0) is 18.9. The Morgan fingerprint density at radius 1 is 0.815 bits per heavy atom. The summed E-state index contributed by atoms with van der Waals surface area (Å²) in [6, 6.07) is 17.9. The Labute approximate surface area is 169 Å². The number of unbranched alkanes of at least 4 members (excludes halogenated alkanes) is 5. The summed E-state index contributed by atoms with van der Waals surface area (Å²) in [4.78, 5) is 0. The molecule has 0 radical (unpaired) electrons. The number of anilines is 1. The Morgan fingerprint density at radius 3 is 2.19 bits per heavy atom. The zero-order valence-electron chi connectivity index (χ0n) is 16.7. The van der Waals surface area contributed by atoms with E-state index in [1.54, 1.807) is 11.9 Å². The van der Waals surface area contributed by atoms with Crippen molar-refractivity contribution >= 4 is 23.8 Å². The van der Waals surface area contributed by atoms with Gasteiger partial charge in [0, 0.05) is 6.21 Å². The second-order valence-electron chi connectivity index (χ2n) is 7.34. The highest BCUT2D eigenvalue weighted by Gasteiger charge is 2.21. The van der Waals surface area contributed by atoms with Gasteiger partial charge in [-0.2, -0.15) is 5.10 Å². The second kappa shape index (κ2) is 10.6. The largest absolute Gasteiger partial charge is 0.206 e. The van der Waals surface area contributed by atoms with Crippen molar-refractivity contribution in [3.63, 3.8) is 0 Å². The molecule has 2 nitrogen and oxygen atoms in total. The first kappa shape index (κ1) is 20.0. The van der Waals surface area contributed by atoms with Crippen molar-refractivity contribution in [3.8, 4) is 0 Å². The van der Waals surface area contributed by atoms with Gasteiger partial charge in [-0.1, -0.05) is 82.3 Å². The van der Waals surface area contributed by atoms with E-state index >= 15 is 0 Å². The van der Waals surface area contributed by atoms with E-state index in [1.165, 1.54) is 61.6 Å². The maximum atomic E-state index is 4.60. The van der Waals surface area contributed by atoms with Gasteiger partial charge in [-0.15, -0.1) is 0 Å². The zero-order valence-corrected chi connectivity index (χ0v) is 17.5. The average Bonchev–Trinajstić information content (AvgIpc) is 3.21. The Kier molecular flexibility index (Phi) is 7.82. The number of hydrogen-bond acceptors (Lipinski definition) is 3. The highest BCUT2D eigenvalue weighted by molar-refractivity contribution is 8.01. The first-order chi connectivity index (χ1) is 13.3. The molecule has 0 amide bonds. The van der Waals surface area contributed by atoms with E-state index in [9.17, 15) is 0 Å². The van der Waals surface area contributed by atoms with Crippen molar-refractivity contribution in [1.29, 1.82) is 0 Å². The molecule has 1 heterocycles. The Hall–Kier alpha value is -1.74. The average molecular weight is 381 g/mol. The summed E-state index contributed by atoms with van der Waals surface area (Å²) in [6.45, 7) is 4.46. The monoisotopic (exact) mass is 380 g/mol. The normalized spacial score (nSPS) is 16.2. The van der Waals surface area contributed by atoms with Crippen molar-refractivity contribution in [2.45, 2.75) is 70.5 Å². The van der Waals surface area contributed by atoms with E-state index in [0.717, 1.165) is 12.1 Å². The summed E-state index contributed by atoms with van der Waals surface area (Å²) < 4.78 is 2.04. The van der Waals surface area contributed by atoms with Crippen LogP contribution in [0.5, 0.6) is 0 Å². The molecule has 1 atom stereocenters. The number of aryl methyl sites for hydroxylation is 2. The number of hydrazone groups is 1. The molecule has 2 aromatic carbocycles. The van der Waals surface area contributed by atoms with Gasteiger partial charge >= 0.3 is 0 Å². The number of rotatable bonds is 10. The van der Waals surface area contributed by atoms with Gasteiger partial charge in [-0.3, -0.25) is 0 Å². The molecule has 0 saturated heterocycles. The molecule has 0 aliphatic carbocycles. The third kappa shape index (κ3) is 5.87. The van der Waals surface area contributed by atoms with Gasteiger partial charge in [0.15, 0.2) is 0 Å². The predicted molar refractivity (Wildman–Crippen MR) is 121 cm³/mol. The lowest BCUT2D eigenvalue weighted by atomic mass is 10.0. The molecule has 0 bridgehead atoms. The van der Waals surface area contributed by atoms with Crippen LogP contribution in [0.1, 0.15) is 74.3 Å². The molecule has 2 aromatic rings. The summed E-state index contributed by atoms with van der Waals surface area (Å²) in [6.07, 6.45) is 12.5. The fraction of sp³-hybridized carbons (Fsp3) is 0.458. The van der Waals surface area contributed by atoms with Crippen LogP contribution >= 0.6 is 11.9 Å². The molecular formula is C24H32N2S. The van der Waals surface area contributed by atoms with Crippen LogP contribution < -0.4 is 4.41 Å². The molecule has 1 aliphatic heterocycles. The number of nitrogens with zero attached hydrogens (tertiary/aromatic N) is 2. The highest BCUT2D eigenvalue weighted by Crippen LogP contribution is 2.38. The van der Waals surface area contributed by atoms with Crippen LogP contribution in [0.2, 0.25) is 0 Å². The van der Waals surface area contributed by atoms with Gasteiger partial charge in [-0.25, -0.2) is 4.41 Å². The summed E-state index contributed by atoms with van der Waals surface area (Å²) >= 11 is 1.78. The molecule has 1 aliphatic rings. The van der Waals surface area contributed by atoms with Crippen molar-refractivity contribution in [3.05, 3.63) is 65.2 Å². The molecule has 0 saturated carbocycles. The van der Waals surface area contributed by atoms with Crippen LogP contribution in [-0.2, 0) is 12.8 Å². The fourth-order valence-corrected chi connectivity index (χ4v) is 4.36. The first-order valence-electron chi connectivity index (χ1n) is 10.5. The van der Waals surface area contributed by atoms with Crippen LogP contribution in [0.15, 0.2) is 53.6 Å². The Balaban J connectivity index is 1.47. The maximum Gasteiger partial charge on any atom is 0.0887 e. The van der Waals surface area contributed by atoms with Crippen molar-refractivity contribution < 1.29 is 0 Å². The molecule has 3 heteroatoms. The summed E-state index contributed by atoms with van der Waals surface area (Å²) in [5.41, 5.74) is 5.31. The molecule has 0 N–H and O–H groups in total. The Bertz CT molecular complexity index is 706. The topological polar surface area (TPSA) is 15.6 Å². The lowest BCUT2D eigenvalue weighted by Gasteiger charge is -2.15. The summed E-state index contributed by atoms with van der Waals surface area (Å²) in [5, 5.41) is 4.90. The van der Waals surface area contributed by atoms with Gasteiger partial charge in [0.25, 0.3) is 0 Å². The minimum atomic E-state index is 0.305. The van der Waals surface area contributed by atoms with Crippen LogP contribution in [-0.4, -0.2) is 6.21 Å². The fourth-order valence-electron chi connectivity index (χ4n) is 3.40. The lowest BCUT2D eigenvalue weighted by molar-refractivity contribution is 0.607. The third-order valence-electron chi connectivity index (χ3n) is 5.21. The van der Waals surface area contributed by atoms with Crippen molar-refractivity contribution in [2.75, 3.05) is 4.41 Å². The van der Waals surface area contributed by atoms with E-state index in [-0.39, 0.29) is 0 Å². The van der Waals surface area contributed by atoms with Gasteiger partial charge in [-0.05, 0) is 60.0 Å². The van der Waals surface area contributed by atoms with Crippen LogP contribution in [0.25, 0.3) is 0 Å². The van der Waals surface area contributed by atoms with Gasteiger partial charge < -0.3 is 0 Å². The molecule has 0 fully saturated rings. The predicted octanol–water partition coefficient (Wildman–Crippen LogP) is 7.35. The molecule has 1 unspecified atom stereocenters. The molecule has 3 rings (SSSR count). The SMILES string of the molecule is CCCCCCCCc1ccc(C2C=NN(c3ccc(CC)cc3)S2)cc1. The molecule has 27 heavy (non-hydrogen) atoms. The smallest absolute Gasteiger partial charge is 0.0887 e. The second-order valence-corrected chi connectivity index (χ2v) is 8.41. The van der Waals surface area contributed by atoms with Gasteiger partial charge in [0.05, 0.1) is 10.9 Å². The minimum absolute atomic E-state index is 0.305. The molecule has 144 valence electrons. The quantitative estimate of drug-likeness (QED) is 0.316. The van der Waals surface area contributed by atoms with Crippen LogP contribution in [0, 0.1) is 0 Å². The summed E-state index contributed by atoms with van der Waals surface area (Å²) in [7, 11) is 0. The van der Waals surface area contributed by atoms with Crippen LogP contribution in [0.4, 0.5) is 5.69 Å². The lowest BCUT2D eigenvalue weighted by Crippen LogP contribution is -2.02. The minimum Gasteiger partial charge on any atom is -0.206 e. The molecule has 0 spiro atoms. The van der Waals surface area contributed by atoms with Gasteiger partial charge in [0.2, 0.25) is 0 Å². The van der Waals surface area contributed by atoms with E-state index in [2.05, 4.69) is 73.7 Å². The van der Waals surface area contributed by atoms with E-state index < -0.39 is 0 Å². The first-order valence-corrected chi connectivity index (χ1v) is 11.3. The van der Waals surface area contributed by atoms with Crippen LogP contribution in [0.3, 0.4) is 0 Å². The number of benzene rings is 2. The molecule has 0 aromatic heterocycles. The standard InChI is InChI=1S/C24H32N2S/c1-3-5-6-7-8-9-10-21-11-15-22(16-12-21)24-19-25-26(27-24)23-17-13-20(4-2)14-18-23/h11-19,24H,3-10H2,1-2H3. The number of hydrogen-bond donors (Lipinski definition) is 0. The van der Waals surface area contributed by atoms with E-state index in [4.69, 9.17) is 0 Å². The van der Waals surface area contributed by atoms with E-state index in [0.29, 0.717) is 5.25 Å². The highest BCUT2D eigenvalue weighted by atomic mass is 32.2.